The highest BCUT2D eigenvalue weighted by Crippen LogP contribution is 2.28. The van der Waals surface area contributed by atoms with Crippen molar-refractivity contribution in [2.75, 3.05) is 7.11 Å². The molecule has 0 aliphatic heterocycles. The summed E-state index contributed by atoms with van der Waals surface area (Å²) in [6.07, 6.45) is 1.12. The molecule has 5 nitrogen and oxygen atoms in total. The number of ether oxygens (including phenoxy) is 1. The average Bonchev–Trinajstić information content (AvgIpc) is 3.18. The average molecular weight is 354 g/mol. The van der Waals surface area contributed by atoms with E-state index in [1.807, 2.05) is 62.3 Å². The van der Waals surface area contributed by atoms with Crippen LogP contribution in [0.1, 0.15) is 71.4 Å². The Bertz CT molecular complexity index is 563. The SMILES string of the molecule is CC.CC.CC.CC.COc1ccc(-c2ocnc2C(=O)O)cc1C. The van der Waals surface area contributed by atoms with Gasteiger partial charge in [-0.15, -0.1) is 0 Å². The van der Waals surface area contributed by atoms with E-state index < -0.39 is 5.97 Å². The number of aromatic nitrogens is 1. The number of carbonyl (C=O) groups is 1. The van der Waals surface area contributed by atoms with Crippen LogP contribution in [0, 0.1) is 6.92 Å². The van der Waals surface area contributed by atoms with Gasteiger partial charge < -0.3 is 14.3 Å². The van der Waals surface area contributed by atoms with Gasteiger partial charge in [0.05, 0.1) is 7.11 Å². The monoisotopic (exact) mass is 353 g/mol. The molecule has 0 unspecified atom stereocenters. The number of benzene rings is 1. The molecule has 0 bridgehead atoms. The van der Waals surface area contributed by atoms with Gasteiger partial charge in [0.25, 0.3) is 0 Å². The van der Waals surface area contributed by atoms with Crippen LogP contribution >= 0.6 is 0 Å². The van der Waals surface area contributed by atoms with Gasteiger partial charge in [0.1, 0.15) is 5.75 Å². The first-order chi connectivity index (χ1) is 12.1. The lowest BCUT2D eigenvalue weighted by molar-refractivity contribution is 0.0691. The highest BCUT2D eigenvalue weighted by atomic mass is 16.5. The van der Waals surface area contributed by atoms with Gasteiger partial charge in [-0.25, -0.2) is 9.78 Å². The summed E-state index contributed by atoms with van der Waals surface area (Å²) in [5.41, 5.74) is 1.48. The minimum atomic E-state index is -1.11. The van der Waals surface area contributed by atoms with E-state index in [-0.39, 0.29) is 11.5 Å². The third-order valence-electron chi connectivity index (χ3n) is 2.43. The highest BCUT2D eigenvalue weighted by Gasteiger charge is 2.17. The third kappa shape index (κ3) is 8.94. The number of hydrogen-bond donors (Lipinski definition) is 1. The van der Waals surface area contributed by atoms with Gasteiger partial charge >= 0.3 is 5.97 Å². The van der Waals surface area contributed by atoms with Crippen molar-refractivity contribution in [3.8, 4) is 17.1 Å². The van der Waals surface area contributed by atoms with Crippen molar-refractivity contribution in [1.29, 1.82) is 0 Å². The maximum atomic E-state index is 10.9. The van der Waals surface area contributed by atoms with Crippen molar-refractivity contribution < 1.29 is 19.1 Å². The van der Waals surface area contributed by atoms with Gasteiger partial charge in [0.2, 0.25) is 0 Å². The summed E-state index contributed by atoms with van der Waals surface area (Å²) >= 11 is 0. The third-order valence-corrected chi connectivity index (χ3v) is 2.43. The van der Waals surface area contributed by atoms with E-state index in [1.54, 1.807) is 25.3 Å². The van der Waals surface area contributed by atoms with Crippen molar-refractivity contribution in [1.82, 2.24) is 4.98 Å². The number of nitrogens with zero attached hydrogens (tertiary/aromatic N) is 1. The molecule has 0 fully saturated rings. The minimum Gasteiger partial charge on any atom is -0.496 e. The van der Waals surface area contributed by atoms with Crippen molar-refractivity contribution in [2.45, 2.75) is 62.3 Å². The molecule has 1 aromatic carbocycles. The maximum absolute atomic E-state index is 10.9. The molecule has 0 spiro atoms. The first-order valence-corrected chi connectivity index (χ1v) is 8.95. The number of aromatic carboxylic acids is 1. The second-order valence-electron chi connectivity index (χ2n) is 3.52. The number of hydrogen-bond acceptors (Lipinski definition) is 4. The largest absolute Gasteiger partial charge is 0.496 e. The molecule has 0 saturated carbocycles. The topological polar surface area (TPSA) is 72.6 Å². The lowest BCUT2D eigenvalue weighted by Crippen LogP contribution is -1.98. The Kier molecular flexibility index (Phi) is 19.9. The Morgan fingerprint density at radius 1 is 1.04 bits per heavy atom. The Balaban J connectivity index is -0.000000533. The first-order valence-electron chi connectivity index (χ1n) is 8.95. The lowest BCUT2D eigenvalue weighted by Gasteiger charge is -2.05. The van der Waals surface area contributed by atoms with Crippen LogP contribution in [-0.2, 0) is 0 Å². The molecule has 1 N–H and O–H groups in total. The minimum absolute atomic E-state index is 0.0884. The van der Waals surface area contributed by atoms with Crippen LogP contribution in [0.5, 0.6) is 5.75 Å². The van der Waals surface area contributed by atoms with Gasteiger partial charge in [-0.3, -0.25) is 0 Å². The van der Waals surface area contributed by atoms with E-state index in [2.05, 4.69) is 4.98 Å². The first kappa shape index (κ1) is 27.5. The molecule has 144 valence electrons. The predicted molar refractivity (Wildman–Crippen MR) is 106 cm³/mol. The van der Waals surface area contributed by atoms with Crippen molar-refractivity contribution in [3.05, 3.63) is 35.9 Å². The van der Waals surface area contributed by atoms with Gasteiger partial charge in [-0.2, -0.15) is 0 Å². The van der Waals surface area contributed by atoms with Gasteiger partial charge in [-0.05, 0) is 30.7 Å². The molecule has 0 aliphatic rings. The number of methoxy groups -OCH3 is 1. The molecule has 0 saturated heterocycles. The molecule has 0 aliphatic carbocycles. The van der Waals surface area contributed by atoms with Gasteiger partial charge in [0, 0.05) is 5.56 Å². The summed E-state index contributed by atoms with van der Waals surface area (Å²) in [6.45, 7) is 17.9. The summed E-state index contributed by atoms with van der Waals surface area (Å²) < 4.78 is 10.2. The zero-order chi connectivity index (χ0) is 20.4. The van der Waals surface area contributed by atoms with E-state index in [0.717, 1.165) is 17.7 Å². The summed E-state index contributed by atoms with van der Waals surface area (Å²) in [4.78, 5) is 14.6. The Morgan fingerprint density at radius 2 is 1.56 bits per heavy atom. The van der Waals surface area contributed by atoms with Crippen LogP contribution in [0.15, 0.2) is 29.0 Å². The molecular weight excluding hydrogens is 318 g/mol. The predicted octanol–water partition coefficient (Wildman–Crippen LogP) is 6.46. The second kappa shape index (κ2) is 18.0. The lowest BCUT2D eigenvalue weighted by atomic mass is 10.1. The van der Waals surface area contributed by atoms with E-state index in [1.165, 1.54) is 0 Å². The number of carboxylic acids is 1. The fourth-order valence-corrected chi connectivity index (χ4v) is 1.62. The summed E-state index contributed by atoms with van der Waals surface area (Å²) in [5.74, 6) is -0.115. The molecule has 0 radical (unpaired) electrons. The molecule has 0 atom stereocenters. The Labute approximate surface area is 153 Å². The van der Waals surface area contributed by atoms with Crippen LogP contribution in [0.3, 0.4) is 0 Å². The van der Waals surface area contributed by atoms with Crippen LogP contribution in [-0.4, -0.2) is 23.2 Å². The highest BCUT2D eigenvalue weighted by molar-refractivity contribution is 5.92. The van der Waals surface area contributed by atoms with Crippen LogP contribution in [0.2, 0.25) is 0 Å². The Morgan fingerprint density at radius 3 is 1.96 bits per heavy atom. The molecule has 0 amide bonds. The molecular formula is C20H35NO4. The molecule has 25 heavy (non-hydrogen) atoms. The number of aryl methyl sites for hydroxylation is 1. The molecule has 5 heteroatoms. The van der Waals surface area contributed by atoms with E-state index >= 15 is 0 Å². The maximum Gasteiger partial charge on any atom is 0.358 e. The fraction of sp³-hybridized carbons (Fsp3) is 0.500. The van der Waals surface area contributed by atoms with Crippen LogP contribution < -0.4 is 4.74 Å². The molecule has 1 aromatic heterocycles. The normalized spacial score (nSPS) is 7.92. The van der Waals surface area contributed by atoms with E-state index in [9.17, 15) is 4.79 Å². The quantitative estimate of drug-likeness (QED) is 0.685. The zero-order valence-electron chi connectivity index (χ0n) is 17.4. The number of rotatable bonds is 3. The second-order valence-corrected chi connectivity index (χ2v) is 3.52. The van der Waals surface area contributed by atoms with Gasteiger partial charge in [-0.1, -0.05) is 55.4 Å². The summed E-state index contributed by atoms with van der Waals surface area (Å²) in [7, 11) is 1.58. The fourth-order valence-electron chi connectivity index (χ4n) is 1.62. The van der Waals surface area contributed by atoms with Crippen molar-refractivity contribution in [3.63, 3.8) is 0 Å². The molecule has 1 heterocycles. The number of carboxylic acid groups (broad SMARTS) is 1. The molecule has 2 aromatic rings. The number of oxazole rings is 1. The Hall–Kier alpha value is -2.30. The van der Waals surface area contributed by atoms with Crippen LogP contribution in [0.4, 0.5) is 0 Å². The summed E-state index contributed by atoms with van der Waals surface area (Å²) in [5, 5.41) is 8.94. The van der Waals surface area contributed by atoms with E-state index in [4.69, 9.17) is 14.3 Å². The zero-order valence-corrected chi connectivity index (χ0v) is 17.4. The smallest absolute Gasteiger partial charge is 0.358 e. The summed E-state index contributed by atoms with van der Waals surface area (Å²) in [6, 6.07) is 5.30. The van der Waals surface area contributed by atoms with Crippen molar-refractivity contribution >= 4 is 5.97 Å². The van der Waals surface area contributed by atoms with Gasteiger partial charge in [0.15, 0.2) is 17.8 Å². The van der Waals surface area contributed by atoms with Crippen molar-refractivity contribution in [2.24, 2.45) is 0 Å². The standard InChI is InChI=1S/C12H11NO4.4C2H6/c1-7-5-8(3-4-9(7)16-2)11-10(12(14)15)13-6-17-11;4*1-2/h3-6H,1-2H3,(H,14,15);4*1-2H3. The molecule has 2 rings (SSSR count). The van der Waals surface area contributed by atoms with Crippen LogP contribution in [0.25, 0.3) is 11.3 Å². The van der Waals surface area contributed by atoms with E-state index in [0.29, 0.717) is 5.56 Å².